The molecule has 6 heteroatoms. The molecule has 2 heterocycles. The van der Waals surface area contributed by atoms with Crippen LogP contribution in [0.3, 0.4) is 0 Å². The van der Waals surface area contributed by atoms with Crippen molar-refractivity contribution in [3.8, 4) is 0 Å². The molecule has 1 aromatic rings. The zero-order valence-electron chi connectivity index (χ0n) is 14.1. The van der Waals surface area contributed by atoms with Gasteiger partial charge in [-0.3, -0.25) is 4.79 Å². The van der Waals surface area contributed by atoms with E-state index in [1.54, 1.807) is 16.8 Å². The van der Waals surface area contributed by atoms with E-state index < -0.39 is 0 Å². The van der Waals surface area contributed by atoms with Crippen LogP contribution in [0.4, 0.5) is 10.5 Å². The summed E-state index contributed by atoms with van der Waals surface area (Å²) in [7, 11) is 1.73. The third-order valence-corrected chi connectivity index (χ3v) is 6.06. The van der Waals surface area contributed by atoms with Gasteiger partial charge in [0.05, 0.1) is 0 Å². The number of nitrogens with zero attached hydrogens (tertiary/aromatic N) is 2. The van der Waals surface area contributed by atoms with Gasteiger partial charge in [-0.25, -0.2) is 4.79 Å². The highest BCUT2D eigenvalue weighted by molar-refractivity contribution is 7.99. The summed E-state index contributed by atoms with van der Waals surface area (Å²) >= 11 is 1.94. The number of urea groups is 1. The minimum atomic E-state index is -0.378. The lowest BCUT2D eigenvalue weighted by atomic mass is 10.0. The maximum absolute atomic E-state index is 12.8. The van der Waals surface area contributed by atoms with E-state index in [0.717, 1.165) is 24.3 Å². The predicted molar refractivity (Wildman–Crippen MR) is 98.4 cm³/mol. The lowest BCUT2D eigenvalue weighted by Gasteiger charge is -2.36. The lowest BCUT2D eigenvalue weighted by Crippen LogP contribution is -2.55. The molecule has 5 nitrogen and oxygen atoms in total. The van der Waals surface area contributed by atoms with Gasteiger partial charge >= 0.3 is 6.03 Å². The molecule has 0 aliphatic carbocycles. The average molecular weight is 347 g/mol. The van der Waals surface area contributed by atoms with Gasteiger partial charge in [-0.15, -0.1) is 0 Å². The second-order valence-corrected chi connectivity index (χ2v) is 7.66. The molecular formula is C18H25N3O2S. The van der Waals surface area contributed by atoms with Gasteiger partial charge in [-0.1, -0.05) is 18.2 Å². The van der Waals surface area contributed by atoms with E-state index in [4.69, 9.17) is 0 Å². The van der Waals surface area contributed by atoms with Crippen LogP contribution in [-0.2, 0) is 4.79 Å². The van der Waals surface area contributed by atoms with Crippen LogP contribution in [0.2, 0.25) is 0 Å². The summed E-state index contributed by atoms with van der Waals surface area (Å²) in [6.07, 6.45) is 2.80. The van der Waals surface area contributed by atoms with Crippen molar-refractivity contribution in [1.82, 2.24) is 10.2 Å². The second kappa shape index (κ2) is 7.92. The van der Waals surface area contributed by atoms with Gasteiger partial charge in [-0.2, -0.15) is 11.8 Å². The number of benzene rings is 1. The fourth-order valence-electron chi connectivity index (χ4n) is 3.32. The maximum atomic E-state index is 12.8. The molecule has 3 rings (SSSR count). The van der Waals surface area contributed by atoms with Crippen molar-refractivity contribution in [1.29, 1.82) is 0 Å². The van der Waals surface area contributed by atoms with Crippen LogP contribution in [0.1, 0.15) is 19.3 Å². The normalized spacial score (nSPS) is 24.0. The molecule has 3 amide bonds. The Morgan fingerprint density at radius 2 is 2.12 bits per heavy atom. The monoisotopic (exact) mass is 347 g/mol. The number of carbonyl (C=O) groups is 2. The van der Waals surface area contributed by atoms with Crippen LogP contribution in [0.25, 0.3) is 0 Å². The Balaban J connectivity index is 1.60. The Hall–Kier alpha value is -1.69. The highest BCUT2D eigenvalue weighted by atomic mass is 32.2. The number of hydrogen-bond acceptors (Lipinski definition) is 3. The number of piperidine rings is 1. The van der Waals surface area contributed by atoms with E-state index in [2.05, 4.69) is 5.32 Å². The second-order valence-electron chi connectivity index (χ2n) is 6.51. The SMILES string of the molecule is CN(C(=O)NC[C@@H]1CCSC1)[C@H]1CCCN(c2ccccc2)C1=O. The summed E-state index contributed by atoms with van der Waals surface area (Å²) < 4.78 is 0. The summed E-state index contributed by atoms with van der Waals surface area (Å²) in [6, 6.07) is 9.17. The van der Waals surface area contributed by atoms with E-state index in [1.807, 2.05) is 42.1 Å². The molecule has 0 unspecified atom stereocenters. The van der Waals surface area contributed by atoms with Crippen LogP contribution in [0, 0.1) is 5.92 Å². The Morgan fingerprint density at radius 1 is 1.33 bits per heavy atom. The van der Waals surface area contributed by atoms with Crippen molar-refractivity contribution >= 4 is 29.4 Å². The van der Waals surface area contributed by atoms with E-state index >= 15 is 0 Å². The van der Waals surface area contributed by atoms with Gasteiger partial charge in [0.2, 0.25) is 5.91 Å². The van der Waals surface area contributed by atoms with Gasteiger partial charge < -0.3 is 15.1 Å². The number of nitrogens with one attached hydrogen (secondary N) is 1. The number of anilines is 1. The summed E-state index contributed by atoms with van der Waals surface area (Å²) in [6.45, 7) is 1.42. The fourth-order valence-corrected chi connectivity index (χ4v) is 4.61. The Labute approximate surface area is 147 Å². The van der Waals surface area contributed by atoms with Crippen LogP contribution in [-0.4, -0.2) is 54.5 Å². The first-order valence-electron chi connectivity index (χ1n) is 8.61. The summed E-state index contributed by atoms with van der Waals surface area (Å²) in [5.41, 5.74) is 0.906. The molecule has 0 spiro atoms. The standard InChI is InChI=1S/C18H25N3O2S/c1-20(18(23)19-12-14-9-11-24-13-14)16-8-5-10-21(17(16)22)15-6-3-2-4-7-15/h2-4,6-7,14,16H,5,8-13H2,1H3,(H,19,23)/t14-,16-/m0/s1. The zero-order valence-corrected chi connectivity index (χ0v) is 14.9. The van der Waals surface area contributed by atoms with Crippen LogP contribution < -0.4 is 10.2 Å². The largest absolute Gasteiger partial charge is 0.338 e. The van der Waals surface area contributed by atoms with Crippen LogP contribution >= 0.6 is 11.8 Å². The first-order valence-corrected chi connectivity index (χ1v) is 9.77. The highest BCUT2D eigenvalue weighted by Crippen LogP contribution is 2.24. The molecule has 130 valence electrons. The Morgan fingerprint density at radius 3 is 2.83 bits per heavy atom. The van der Waals surface area contributed by atoms with E-state index in [1.165, 1.54) is 12.2 Å². The lowest BCUT2D eigenvalue weighted by molar-refractivity contribution is -0.123. The molecule has 1 N–H and O–H groups in total. The minimum absolute atomic E-state index is 0.0153. The molecule has 0 radical (unpaired) electrons. The zero-order chi connectivity index (χ0) is 16.9. The third-order valence-electron chi connectivity index (χ3n) is 4.83. The van der Waals surface area contributed by atoms with E-state index in [-0.39, 0.29) is 18.0 Å². The molecule has 2 saturated heterocycles. The number of carbonyl (C=O) groups excluding carboxylic acids is 2. The van der Waals surface area contributed by atoms with Crippen LogP contribution in [0.15, 0.2) is 30.3 Å². The smallest absolute Gasteiger partial charge is 0.317 e. The summed E-state index contributed by atoms with van der Waals surface area (Å²) in [5, 5.41) is 3.00. The van der Waals surface area contributed by atoms with Crippen molar-refractivity contribution in [2.24, 2.45) is 5.92 Å². The van der Waals surface area contributed by atoms with Crippen molar-refractivity contribution < 1.29 is 9.59 Å². The molecule has 0 bridgehead atoms. The number of hydrogen-bond donors (Lipinski definition) is 1. The molecule has 2 atom stereocenters. The molecule has 24 heavy (non-hydrogen) atoms. The minimum Gasteiger partial charge on any atom is -0.338 e. The first-order chi connectivity index (χ1) is 11.7. The van der Waals surface area contributed by atoms with Crippen molar-refractivity contribution in [3.05, 3.63) is 30.3 Å². The van der Waals surface area contributed by atoms with Crippen molar-refractivity contribution in [3.63, 3.8) is 0 Å². The van der Waals surface area contributed by atoms with Gasteiger partial charge in [0.25, 0.3) is 0 Å². The van der Waals surface area contributed by atoms with Crippen molar-refractivity contribution in [2.45, 2.75) is 25.3 Å². The van der Waals surface area contributed by atoms with Crippen molar-refractivity contribution in [2.75, 3.05) is 36.5 Å². The summed E-state index contributed by atoms with van der Waals surface area (Å²) in [4.78, 5) is 28.6. The van der Waals surface area contributed by atoms with E-state index in [0.29, 0.717) is 19.0 Å². The fraction of sp³-hybridized carbons (Fsp3) is 0.556. The highest BCUT2D eigenvalue weighted by Gasteiger charge is 2.34. The first kappa shape index (κ1) is 17.1. The molecule has 0 saturated carbocycles. The Bertz CT molecular complexity index is 575. The molecule has 2 fully saturated rings. The third kappa shape index (κ3) is 3.86. The molecule has 2 aliphatic rings. The quantitative estimate of drug-likeness (QED) is 0.911. The van der Waals surface area contributed by atoms with E-state index in [9.17, 15) is 9.59 Å². The van der Waals surface area contributed by atoms with Crippen LogP contribution in [0.5, 0.6) is 0 Å². The molecular weight excluding hydrogens is 322 g/mol. The topological polar surface area (TPSA) is 52.7 Å². The van der Waals surface area contributed by atoms with Gasteiger partial charge in [0.15, 0.2) is 0 Å². The predicted octanol–water partition coefficient (Wildman–Crippen LogP) is 2.58. The van der Waals surface area contributed by atoms with Gasteiger partial charge in [0.1, 0.15) is 6.04 Å². The molecule has 0 aromatic heterocycles. The average Bonchev–Trinajstić information content (AvgIpc) is 3.13. The van der Waals surface area contributed by atoms with Gasteiger partial charge in [-0.05, 0) is 48.8 Å². The molecule has 2 aliphatic heterocycles. The number of para-hydroxylation sites is 1. The Kier molecular flexibility index (Phi) is 5.66. The van der Waals surface area contributed by atoms with Gasteiger partial charge in [0, 0.05) is 25.8 Å². The summed E-state index contributed by atoms with van der Waals surface area (Å²) in [5.74, 6) is 2.88. The number of thioether (sulfide) groups is 1. The number of rotatable bonds is 4. The molecule has 1 aromatic carbocycles. The number of likely N-dealkylation sites (N-methyl/N-ethyl adjacent to an activating group) is 1. The number of amides is 3. The maximum Gasteiger partial charge on any atom is 0.317 e.